The second-order valence-electron chi connectivity index (χ2n) is 4.45. The van der Waals surface area contributed by atoms with Crippen molar-refractivity contribution in [1.82, 2.24) is 5.32 Å². The second kappa shape index (κ2) is 8.60. The first kappa shape index (κ1) is 16.5. The number of rotatable bonds is 5. The number of thiophene rings is 1. The van der Waals surface area contributed by atoms with E-state index in [0.29, 0.717) is 0 Å². The summed E-state index contributed by atoms with van der Waals surface area (Å²) in [6.07, 6.45) is 1.12. The largest absolute Gasteiger partial charge is 0.385 e. The van der Waals surface area contributed by atoms with Crippen molar-refractivity contribution in [1.29, 1.82) is 0 Å². The third kappa shape index (κ3) is 4.86. The number of hydrogen-bond donors (Lipinski definition) is 1. The van der Waals surface area contributed by atoms with E-state index < -0.39 is 0 Å². The molecule has 2 heteroatoms. The van der Waals surface area contributed by atoms with E-state index in [1.807, 2.05) is 32.1 Å². The summed E-state index contributed by atoms with van der Waals surface area (Å²) in [4.78, 5) is 2.80. The van der Waals surface area contributed by atoms with Crippen LogP contribution >= 0.6 is 11.3 Å². The molecule has 0 unspecified atom stereocenters. The first-order valence-corrected chi connectivity index (χ1v) is 8.08. The molecule has 108 valence electrons. The SMILES string of the molecule is C=C(C)NCc1ccc(-c2ccc(CC)s2)cc1.CC. The van der Waals surface area contributed by atoms with Crippen molar-refractivity contribution >= 4 is 11.3 Å². The average molecular weight is 287 g/mol. The van der Waals surface area contributed by atoms with Gasteiger partial charge in [0.2, 0.25) is 0 Å². The highest BCUT2D eigenvalue weighted by Crippen LogP contribution is 2.28. The topological polar surface area (TPSA) is 12.0 Å². The van der Waals surface area contributed by atoms with E-state index >= 15 is 0 Å². The molecule has 0 bridgehead atoms. The van der Waals surface area contributed by atoms with Gasteiger partial charge in [0.25, 0.3) is 0 Å². The third-order valence-corrected chi connectivity index (χ3v) is 4.12. The molecule has 1 nitrogen and oxygen atoms in total. The standard InChI is InChI=1S/C16H19NS.C2H6/c1-4-15-9-10-16(18-15)14-7-5-13(6-8-14)11-17-12(2)3;1-2/h5-10,17H,2,4,11H2,1,3H3;1-2H3. The molecule has 0 aliphatic rings. The molecule has 0 aliphatic carbocycles. The highest BCUT2D eigenvalue weighted by atomic mass is 32.1. The highest BCUT2D eigenvalue weighted by Gasteiger charge is 2.01. The van der Waals surface area contributed by atoms with Gasteiger partial charge in [-0.1, -0.05) is 51.6 Å². The smallest absolute Gasteiger partial charge is 0.0397 e. The highest BCUT2D eigenvalue weighted by molar-refractivity contribution is 7.15. The van der Waals surface area contributed by atoms with Gasteiger partial charge in [-0.05, 0) is 36.6 Å². The van der Waals surface area contributed by atoms with E-state index in [4.69, 9.17) is 0 Å². The number of nitrogens with one attached hydrogen (secondary N) is 1. The molecule has 0 fully saturated rings. The van der Waals surface area contributed by atoms with E-state index in [-0.39, 0.29) is 0 Å². The maximum absolute atomic E-state index is 3.84. The minimum absolute atomic E-state index is 0.847. The van der Waals surface area contributed by atoms with Gasteiger partial charge >= 0.3 is 0 Å². The van der Waals surface area contributed by atoms with E-state index in [1.165, 1.54) is 20.9 Å². The van der Waals surface area contributed by atoms with E-state index in [2.05, 4.69) is 55.2 Å². The first-order valence-electron chi connectivity index (χ1n) is 7.26. The molecule has 1 N–H and O–H groups in total. The van der Waals surface area contributed by atoms with Crippen molar-refractivity contribution in [2.24, 2.45) is 0 Å². The van der Waals surface area contributed by atoms with Crippen LogP contribution in [0.5, 0.6) is 0 Å². The summed E-state index contributed by atoms with van der Waals surface area (Å²) in [7, 11) is 0. The third-order valence-electron chi connectivity index (χ3n) is 2.84. The van der Waals surface area contributed by atoms with Crippen LogP contribution in [0.25, 0.3) is 10.4 Å². The zero-order chi connectivity index (χ0) is 15.0. The molecule has 20 heavy (non-hydrogen) atoms. The van der Waals surface area contributed by atoms with Crippen LogP contribution in [0, 0.1) is 0 Å². The lowest BCUT2D eigenvalue weighted by molar-refractivity contribution is 0.816. The fourth-order valence-electron chi connectivity index (χ4n) is 1.76. The number of aryl methyl sites for hydroxylation is 1. The summed E-state index contributed by atoms with van der Waals surface area (Å²) in [5.41, 5.74) is 3.60. The Morgan fingerprint density at radius 1 is 1.10 bits per heavy atom. The molecule has 2 aromatic rings. The van der Waals surface area contributed by atoms with Crippen molar-refractivity contribution in [3.05, 3.63) is 59.1 Å². The molecule has 1 aromatic carbocycles. The molecule has 0 spiro atoms. The predicted octanol–water partition coefficient (Wildman–Crippen LogP) is 5.63. The summed E-state index contributed by atoms with van der Waals surface area (Å²) < 4.78 is 0. The number of benzene rings is 1. The fraction of sp³-hybridized carbons (Fsp3) is 0.333. The van der Waals surface area contributed by atoms with E-state index in [0.717, 1.165) is 18.7 Å². The van der Waals surface area contributed by atoms with Crippen LogP contribution in [-0.2, 0) is 13.0 Å². The summed E-state index contributed by atoms with van der Waals surface area (Å²) >= 11 is 1.88. The van der Waals surface area contributed by atoms with Gasteiger partial charge in [-0.25, -0.2) is 0 Å². The van der Waals surface area contributed by atoms with Crippen molar-refractivity contribution in [3.63, 3.8) is 0 Å². The predicted molar refractivity (Wildman–Crippen MR) is 92.1 cm³/mol. The maximum atomic E-state index is 3.84. The van der Waals surface area contributed by atoms with Crippen molar-refractivity contribution < 1.29 is 0 Å². The Hall–Kier alpha value is -1.54. The van der Waals surface area contributed by atoms with Crippen molar-refractivity contribution in [3.8, 4) is 10.4 Å². The zero-order valence-corrected chi connectivity index (χ0v) is 13.8. The Kier molecular flexibility index (Phi) is 7.10. The van der Waals surface area contributed by atoms with E-state index in [9.17, 15) is 0 Å². The minimum Gasteiger partial charge on any atom is -0.385 e. The van der Waals surface area contributed by atoms with Gasteiger partial charge in [0.1, 0.15) is 0 Å². The van der Waals surface area contributed by atoms with Gasteiger partial charge in [-0.2, -0.15) is 0 Å². The van der Waals surface area contributed by atoms with Gasteiger partial charge < -0.3 is 5.32 Å². The van der Waals surface area contributed by atoms with Crippen LogP contribution < -0.4 is 5.32 Å². The quantitative estimate of drug-likeness (QED) is 0.751. The maximum Gasteiger partial charge on any atom is 0.0397 e. The first-order chi connectivity index (χ1) is 9.69. The molecule has 0 aliphatic heterocycles. The van der Waals surface area contributed by atoms with Gasteiger partial charge in [0, 0.05) is 22.0 Å². The van der Waals surface area contributed by atoms with Crippen molar-refractivity contribution in [2.45, 2.75) is 40.7 Å². The van der Waals surface area contributed by atoms with Gasteiger partial charge in [0.15, 0.2) is 0 Å². The van der Waals surface area contributed by atoms with Crippen LogP contribution in [-0.4, -0.2) is 0 Å². The minimum atomic E-state index is 0.847. The molecule has 0 saturated heterocycles. The number of allylic oxidation sites excluding steroid dienone is 1. The zero-order valence-electron chi connectivity index (χ0n) is 13.0. The Labute approximate surface area is 127 Å². The van der Waals surface area contributed by atoms with Crippen molar-refractivity contribution in [2.75, 3.05) is 0 Å². The lowest BCUT2D eigenvalue weighted by Gasteiger charge is -2.06. The Morgan fingerprint density at radius 3 is 2.25 bits per heavy atom. The lowest BCUT2D eigenvalue weighted by atomic mass is 10.1. The molecule has 0 amide bonds. The second-order valence-corrected chi connectivity index (χ2v) is 5.62. The molecule has 1 heterocycles. The molecule has 0 atom stereocenters. The Bertz CT molecular complexity index is 523. The van der Waals surface area contributed by atoms with Crippen LogP contribution in [0.1, 0.15) is 38.1 Å². The molecule has 0 radical (unpaired) electrons. The molecular formula is C18H25NS. The van der Waals surface area contributed by atoms with Gasteiger partial charge in [-0.15, -0.1) is 11.3 Å². The fourth-order valence-corrected chi connectivity index (χ4v) is 2.72. The molecule has 1 aromatic heterocycles. The van der Waals surface area contributed by atoms with Crippen LogP contribution in [0.2, 0.25) is 0 Å². The molecular weight excluding hydrogens is 262 g/mol. The summed E-state index contributed by atoms with van der Waals surface area (Å²) in [6, 6.07) is 13.2. The monoisotopic (exact) mass is 287 g/mol. The van der Waals surface area contributed by atoms with Crippen LogP contribution in [0.4, 0.5) is 0 Å². The Morgan fingerprint density at radius 2 is 1.75 bits per heavy atom. The molecule has 0 saturated carbocycles. The van der Waals surface area contributed by atoms with Gasteiger partial charge in [0.05, 0.1) is 0 Å². The van der Waals surface area contributed by atoms with Crippen LogP contribution in [0.15, 0.2) is 48.7 Å². The molecule has 2 rings (SSSR count). The van der Waals surface area contributed by atoms with Gasteiger partial charge in [-0.3, -0.25) is 0 Å². The van der Waals surface area contributed by atoms with Crippen LogP contribution in [0.3, 0.4) is 0 Å². The Balaban J connectivity index is 0.000000956. The number of hydrogen-bond acceptors (Lipinski definition) is 2. The van der Waals surface area contributed by atoms with E-state index in [1.54, 1.807) is 0 Å². The summed E-state index contributed by atoms with van der Waals surface area (Å²) in [5, 5.41) is 3.24. The summed E-state index contributed by atoms with van der Waals surface area (Å²) in [6.45, 7) is 12.9. The normalized spacial score (nSPS) is 9.60. The average Bonchev–Trinajstić information content (AvgIpc) is 2.97. The summed E-state index contributed by atoms with van der Waals surface area (Å²) in [5.74, 6) is 0. The lowest BCUT2D eigenvalue weighted by Crippen LogP contribution is -2.08.